The zero-order valence-electron chi connectivity index (χ0n) is 9.94. The highest BCUT2D eigenvalue weighted by Crippen LogP contribution is 2.33. The van der Waals surface area contributed by atoms with Crippen molar-refractivity contribution in [2.24, 2.45) is 5.92 Å². The summed E-state index contributed by atoms with van der Waals surface area (Å²) in [4.78, 5) is 4.20. The highest BCUT2D eigenvalue weighted by Gasteiger charge is 2.29. The second kappa shape index (κ2) is 3.87. The van der Waals surface area contributed by atoms with Crippen molar-refractivity contribution in [1.29, 1.82) is 0 Å². The van der Waals surface area contributed by atoms with Crippen molar-refractivity contribution >= 4 is 10.8 Å². The topological polar surface area (TPSA) is 33.1 Å². The molecule has 0 aliphatic rings. The summed E-state index contributed by atoms with van der Waals surface area (Å²) in [5.74, 6) is 0.153. The minimum atomic E-state index is -0.839. The van der Waals surface area contributed by atoms with Gasteiger partial charge in [-0.2, -0.15) is 0 Å². The van der Waals surface area contributed by atoms with Crippen molar-refractivity contribution in [2.45, 2.75) is 26.4 Å². The van der Waals surface area contributed by atoms with E-state index in [0.717, 1.165) is 16.3 Å². The van der Waals surface area contributed by atoms with Crippen LogP contribution in [0.3, 0.4) is 0 Å². The Morgan fingerprint density at radius 1 is 1.19 bits per heavy atom. The molecule has 16 heavy (non-hydrogen) atoms. The molecule has 0 amide bonds. The van der Waals surface area contributed by atoms with Crippen LogP contribution in [0, 0.1) is 5.92 Å². The SMILES string of the molecule is CC(C)C(C)(O)c1cncc2ccccc12. The zero-order valence-corrected chi connectivity index (χ0v) is 9.94. The largest absolute Gasteiger partial charge is 0.385 e. The van der Waals surface area contributed by atoms with Crippen LogP contribution in [0.2, 0.25) is 0 Å². The van der Waals surface area contributed by atoms with Crippen LogP contribution < -0.4 is 0 Å². The number of pyridine rings is 1. The van der Waals surface area contributed by atoms with Crippen LogP contribution in [0.1, 0.15) is 26.3 Å². The van der Waals surface area contributed by atoms with Gasteiger partial charge in [-0.05, 0) is 18.2 Å². The van der Waals surface area contributed by atoms with Crippen LogP contribution in [-0.2, 0) is 5.60 Å². The first-order valence-corrected chi connectivity index (χ1v) is 5.59. The first-order chi connectivity index (χ1) is 7.53. The molecule has 2 nitrogen and oxygen atoms in total. The third-order valence-corrected chi connectivity index (χ3v) is 3.34. The van der Waals surface area contributed by atoms with Crippen LogP contribution >= 0.6 is 0 Å². The second-order valence-electron chi connectivity index (χ2n) is 4.71. The Labute approximate surface area is 96.0 Å². The predicted octanol–water partition coefficient (Wildman–Crippen LogP) is 3.10. The Hall–Kier alpha value is -1.41. The highest BCUT2D eigenvalue weighted by molar-refractivity contribution is 5.85. The van der Waals surface area contributed by atoms with Crippen LogP contribution in [-0.4, -0.2) is 10.1 Å². The lowest BCUT2D eigenvalue weighted by atomic mass is 9.84. The van der Waals surface area contributed by atoms with E-state index in [1.807, 2.05) is 51.2 Å². The van der Waals surface area contributed by atoms with Crippen LogP contribution in [0.4, 0.5) is 0 Å². The first kappa shape index (κ1) is 11.1. The molecule has 0 fully saturated rings. The lowest BCUT2D eigenvalue weighted by molar-refractivity contribution is 0.0102. The summed E-state index contributed by atoms with van der Waals surface area (Å²) in [5.41, 5.74) is 0.0639. The van der Waals surface area contributed by atoms with E-state index in [2.05, 4.69) is 4.98 Å². The van der Waals surface area contributed by atoms with E-state index >= 15 is 0 Å². The average molecular weight is 215 g/mol. The molecule has 84 valence electrons. The van der Waals surface area contributed by atoms with Crippen molar-refractivity contribution in [3.63, 3.8) is 0 Å². The molecule has 1 atom stereocenters. The van der Waals surface area contributed by atoms with Crippen LogP contribution in [0.5, 0.6) is 0 Å². The van der Waals surface area contributed by atoms with Gasteiger partial charge in [0.25, 0.3) is 0 Å². The van der Waals surface area contributed by atoms with Crippen LogP contribution in [0.25, 0.3) is 10.8 Å². The van der Waals surface area contributed by atoms with Crippen molar-refractivity contribution in [1.82, 2.24) is 4.98 Å². The molecule has 0 saturated heterocycles. The number of aromatic nitrogens is 1. The maximum Gasteiger partial charge on any atom is 0.0912 e. The summed E-state index contributed by atoms with van der Waals surface area (Å²) in [6.45, 7) is 5.88. The summed E-state index contributed by atoms with van der Waals surface area (Å²) >= 11 is 0. The van der Waals surface area contributed by atoms with Gasteiger partial charge in [-0.3, -0.25) is 4.98 Å². The standard InChI is InChI=1S/C14H17NO/c1-10(2)14(3,16)13-9-15-8-11-6-4-5-7-12(11)13/h4-10,16H,1-3H3. The fourth-order valence-corrected chi connectivity index (χ4v) is 1.83. The van der Waals surface area contributed by atoms with Crippen molar-refractivity contribution in [2.75, 3.05) is 0 Å². The average Bonchev–Trinajstić information content (AvgIpc) is 2.28. The van der Waals surface area contributed by atoms with Gasteiger partial charge in [0.2, 0.25) is 0 Å². The summed E-state index contributed by atoms with van der Waals surface area (Å²) in [5, 5.41) is 12.7. The van der Waals surface area contributed by atoms with Crippen LogP contribution in [0.15, 0.2) is 36.7 Å². The molecule has 2 heteroatoms. The fraction of sp³-hybridized carbons (Fsp3) is 0.357. The van der Waals surface area contributed by atoms with Gasteiger partial charge in [0.1, 0.15) is 0 Å². The maximum absolute atomic E-state index is 10.5. The molecule has 0 saturated carbocycles. The van der Waals surface area contributed by atoms with Gasteiger partial charge in [-0.25, -0.2) is 0 Å². The van der Waals surface area contributed by atoms with E-state index in [-0.39, 0.29) is 5.92 Å². The Morgan fingerprint density at radius 2 is 1.88 bits per heavy atom. The number of benzene rings is 1. The molecular weight excluding hydrogens is 198 g/mol. The Morgan fingerprint density at radius 3 is 2.56 bits per heavy atom. The summed E-state index contributed by atoms with van der Waals surface area (Å²) in [6, 6.07) is 8.02. The lowest BCUT2D eigenvalue weighted by Crippen LogP contribution is -2.28. The molecule has 0 aliphatic carbocycles. The molecule has 0 bridgehead atoms. The van der Waals surface area contributed by atoms with Gasteiger partial charge in [0, 0.05) is 23.3 Å². The van der Waals surface area contributed by atoms with E-state index in [4.69, 9.17) is 0 Å². The third kappa shape index (κ3) is 1.69. The Bertz CT molecular complexity index is 498. The number of hydrogen-bond donors (Lipinski definition) is 1. The first-order valence-electron chi connectivity index (χ1n) is 5.59. The van der Waals surface area contributed by atoms with E-state index in [9.17, 15) is 5.11 Å². The van der Waals surface area contributed by atoms with Crippen molar-refractivity contribution in [3.05, 3.63) is 42.2 Å². The summed E-state index contributed by atoms with van der Waals surface area (Å²) < 4.78 is 0. The number of hydrogen-bond acceptors (Lipinski definition) is 2. The molecule has 0 spiro atoms. The van der Waals surface area contributed by atoms with Gasteiger partial charge in [0.15, 0.2) is 0 Å². The van der Waals surface area contributed by atoms with Gasteiger partial charge in [-0.1, -0.05) is 38.1 Å². The Balaban J connectivity index is 2.70. The van der Waals surface area contributed by atoms with Gasteiger partial charge < -0.3 is 5.11 Å². The molecule has 2 rings (SSSR count). The highest BCUT2D eigenvalue weighted by atomic mass is 16.3. The molecule has 1 unspecified atom stereocenters. The lowest BCUT2D eigenvalue weighted by Gasteiger charge is -2.29. The van der Waals surface area contributed by atoms with E-state index in [1.54, 1.807) is 6.20 Å². The summed E-state index contributed by atoms with van der Waals surface area (Å²) in [7, 11) is 0. The quantitative estimate of drug-likeness (QED) is 0.835. The molecule has 0 aliphatic heterocycles. The maximum atomic E-state index is 10.5. The van der Waals surface area contributed by atoms with E-state index in [1.165, 1.54) is 0 Å². The minimum Gasteiger partial charge on any atom is -0.385 e. The number of rotatable bonds is 2. The van der Waals surface area contributed by atoms with Gasteiger partial charge >= 0.3 is 0 Å². The number of nitrogens with zero attached hydrogens (tertiary/aromatic N) is 1. The predicted molar refractivity (Wildman–Crippen MR) is 66.2 cm³/mol. The third-order valence-electron chi connectivity index (χ3n) is 3.34. The minimum absolute atomic E-state index is 0.153. The van der Waals surface area contributed by atoms with Crippen molar-refractivity contribution in [3.8, 4) is 0 Å². The second-order valence-corrected chi connectivity index (χ2v) is 4.71. The molecule has 1 N–H and O–H groups in total. The Kier molecular flexibility index (Phi) is 2.68. The molecule has 1 heterocycles. The summed E-state index contributed by atoms with van der Waals surface area (Å²) in [6.07, 6.45) is 3.59. The number of aliphatic hydroxyl groups is 1. The van der Waals surface area contributed by atoms with Gasteiger partial charge in [-0.15, -0.1) is 0 Å². The molecule has 1 aromatic heterocycles. The van der Waals surface area contributed by atoms with Crippen molar-refractivity contribution < 1.29 is 5.11 Å². The van der Waals surface area contributed by atoms with E-state index in [0.29, 0.717) is 0 Å². The normalized spacial score (nSPS) is 15.3. The molecule has 2 aromatic rings. The van der Waals surface area contributed by atoms with E-state index < -0.39 is 5.60 Å². The monoisotopic (exact) mass is 215 g/mol. The number of fused-ring (bicyclic) bond motifs is 1. The molecule has 0 radical (unpaired) electrons. The molecular formula is C14H17NO. The molecule has 1 aromatic carbocycles. The zero-order chi connectivity index (χ0) is 11.8. The smallest absolute Gasteiger partial charge is 0.0912 e. The fourth-order valence-electron chi connectivity index (χ4n) is 1.83. The van der Waals surface area contributed by atoms with Gasteiger partial charge in [0.05, 0.1) is 5.60 Å².